The van der Waals surface area contributed by atoms with Crippen LogP contribution in [0.2, 0.25) is 5.02 Å². The molecule has 0 aromatic heterocycles. The van der Waals surface area contributed by atoms with Crippen molar-refractivity contribution >= 4 is 23.0 Å². The second kappa shape index (κ2) is 6.83. The predicted molar refractivity (Wildman–Crippen MR) is 90.4 cm³/mol. The first-order valence-electron chi connectivity index (χ1n) is 6.93. The normalized spacial score (nSPS) is 12.0. The molecule has 2 N–H and O–H groups in total. The summed E-state index contributed by atoms with van der Waals surface area (Å²) >= 11 is 6.09. The molecule has 0 saturated heterocycles. The molecule has 3 nitrogen and oxygen atoms in total. The van der Waals surface area contributed by atoms with E-state index in [-0.39, 0.29) is 0 Å². The molecular weight excluding hydrogens is 284 g/mol. The molecule has 0 spiro atoms. The number of rotatable bonds is 5. The van der Waals surface area contributed by atoms with E-state index in [1.165, 1.54) is 5.56 Å². The van der Waals surface area contributed by atoms with E-state index in [0.717, 1.165) is 16.9 Å². The lowest BCUT2D eigenvalue weighted by atomic mass is 10.1. The van der Waals surface area contributed by atoms with Crippen LogP contribution in [0.25, 0.3) is 0 Å². The van der Waals surface area contributed by atoms with Gasteiger partial charge in [0.2, 0.25) is 0 Å². The van der Waals surface area contributed by atoms with Crippen LogP contribution in [0.5, 0.6) is 0 Å². The summed E-state index contributed by atoms with van der Waals surface area (Å²) in [6.45, 7) is 2.50. The van der Waals surface area contributed by atoms with Crippen molar-refractivity contribution in [2.45, 2.75) is 13.0 Å². The van der Waals surface area contributed by atoms with E-state index in [0.29, 0.717) is 11.6 Å². The van der Waals surface area contributed by atoms with Crippen LogP contribution >= 0.6 is 11.6 Å². The minimum atomic E-state index is -0.636. The topological polar surface area (TPSA) is 35.5 Å². The van der Waals surface area contributed by atoms with Crippen molar-refractivity contribution in [1.29, 1.82) is 0 Å². The van der Waals surface area contributed by atoms with Crippen LogP contribution in [0.4, 0.5) is 11.4 Å². The zero-order valence-electron chi connectivity index (χ0n) is 12.6. The average molecular weight is 305 g/mol. The summed E-state index contributed by atoms with van der Waals surface area (Å²) in [6, 6.07) is 13.5. The van der Waals surface area contributed by atoms with Crippen molar-refractivity contribution in [3.8, 4) is 0 Å². The number of aryl methyl sites for hydroxylation is 1. The number of hydrogen-bond donors (Lipinski definition) is 2. The lowest BCUT2D eigenvalue weighted by molar-refractivity contribution is 0.192. The lowest BCUT2D eigenvalue weighted by Crippen LogP contribution is -2.14. The minimum Gasteiger partial charge on any atom is -0.387 e. The zero-order valence-corrected chi connectivity index (χ0v) is 13.4. The Bertz CT molecular complexity index is 613. The van der Waals surface area contributed by atoms with E-state index in [1.807, 2.05) is 38.4 Å². The van der Waals surface area contributed by atoms with Crippen LogP contribution in [0.1, 0.15) is 17.2 Å². The quantitative estimate of drug-likeness (QED) is 0.880. The molecular formula is C17H21ClN2O. The minimum absolute atomic E-state index is 0.416. The highest BCUT2D eigenvalue weighted by Gasteiger charge is 2.11. The maximum atomic E-state index is 10.2. The molecule has 0 aliphatic heterocycles. The second-order valence-electron chi connectivity index (χ2n) is 5.31. The molecule has 0 amide bonds. The first-order valence-corrected chi connectivity index (χ1v) is 7.31. The smallest absolute Gasteiger partial charge is 0.0976 e. The molecule has 112 valence electrons. The molecule has 0 radical (unpaired) electrons. The van der Waals surface area contributed by atoms with Crippen LogP contribution in [0.3, 0.4) is 0 Å². The fourth-order valence-corrected chi connectivity index (χ4v) is 2.53. The monoisotopic (exact) mass is 304 g/mol. The van der Waals surface area contributed by atoms with E-state index in [9.17, 15) is 5.11 Å². The number of nitrogens with one attached hydrogen (secondary N) is 1. The fraction of sp³-hybridized carbons (Fsp3) is 0.294. The van der Waals surface area contributed by atoms with Gasteiger partial charge in [-0.2, -0.15) is 0 Å². The second-order valence-corrected chi connectivity index (χ2v) is 5.72. The molecule has 1 unspecified atom stereocenters. The highest BCUT2D eigenvalue weighted by Crippen LogP contribution is 2.25. The number of hydrogen-bond acceptors (Lipinski definition) is 3. The van der Waals surface area contributed by atoms with Crippen LogP contribution in [0.15, 0.2) is 42.5 Å². The maximum Gasteiger partial charge on any atom is 0.0976 e. The van der Waals surface area contributed by atoms with Crippen molar-refractivity contribution in [3.63, 3.8) is 0 Å². The highest BCUT2D eigenvalue weighted by atomic mass is 35.5. The van der Waals surface area contributed by atoms with Gasteiger partial charge in [-0.15, -0.1) is 0 Å². The SMILES string of the molecule is Cc1ccc(NCC(O)c2ccccc2Cl)cc1N(C)C. The van der Waals surface area contributed by atoms with Crippen molar-refractivity contribution < 1.29 is 5.11 Å². The van der Waals surface area contributed by atoms with Gasteiger partial charge in [0.1, 0.15) is 0 Å². The Kier molecular flexibility index (Phi) is 5.10. The van der Waals surface area contributed by atoms with Crippen LogP contribution in [-0.2, 0) is 0 Å². The first-order chi connectivity index (χ1) is 9.99. The fourth-order valence-electron chi connectivity index (χ4n) is 2.27. The summed E-state index contributed by atoms with van der Waals surface area (Å²) in [7, 11) is 4.04. The Morgan fingerprint density at radius 3 is 2.57 bits per heavy atom. The van der Waals surface area contributed by atoms with Crippen LogP contribution < -0.4 is 10.2 Å². The Balaban J connectivity index is 2.06. The molecule has 4 heteroatoms. The zero-order chi connectivity index (χ0) is 15.4. The van der Waals surface area contributed by atoms with Gasteiger partial charge in [0.15, 0.2) is 0 Å². The molecule has 0 aliphatic carbocycles. The Morgan fingerprint density at radius 2 is 1.90 bits per heavy atom. The summed E-state index contributed by atoms with van der Waals surface area (Å²) in [5.41, 5.74) is 4.10. The summed E-state index contributed by atoms with van der Waals surface area (Å²) in [6.07, 6.45) is -0.636. The molecule has 1 atom stereocenters. The van der Waals surface area contributed by atoms with Crippen molar-refractivity contribution in [1.82, 2.24) is 0 Å². The van der Waals surface area contributed by atoms with E-state index in [1.54, 1.807) is 6.07 Å². The standard InChI is InChI=1S/C17H21ClN2O/c1-12-8-9-13(10-16(12)20(2)3)19-11-17(21)14-6-4-5-7-15(14)18/h4-10,17,19,21H,11H2,1-3H3. The molecule has 21 heavy (non-hydrogen) atoms. The number of nitrogens with zero attached hydrogens (tertiary/aromatic N) is 1. The van der Waals surface area contributed by atoms with Gasteiger partial charge in [-0.3, -0.25) is 0 Å². The van der Waals surface area contributed by atoms with Crippen molar-refractivity contribution in [2.75, 3.05) is 30.9 Å². The van der Waals surface area contributed by atoms with Crippen LogP contribution in [0, 0.1) is 6.92 Å². The average Bonchev–Trinajstić information content (AvgIpc) is 2.46. The third-order valence-corrected chi connectivity index (χ3v) is 3.80. The number of anilines is 2. The first kappa shape index (κ1) is 15.7. The Labute approximate surface area is 131 Å². The third-order valence-electron chi connectivity index (χ3n) is 3.45. The van der Waals surface area contributed by atoms with Gasteiger partial charge < -0.3 is 15.3 Å². The summed E-state index contributed by atoms with van der Waals surface area (Å²) in [4.78, 5) is 2.07. The molecule has 0 heterocycles. The summed E-state index contributed by atoms with van der Waals surface area (Å²) in [5.74, 6) is 0. The number of benzene rings is 2. The third kappa shape index (κ3) is 3.90. The molecule has 0 aliphatic rings. The Morgan fingerprint density at radius 1 is 1.19 bits per heavy atom. The number of aliphatic hydroxyl groups excluding tert-OH is 1. The molecule has 2 aromatic rings. The van der Waals surface area contributed by atoms with Gasteiger partial charge in [-0.25, -0.2) is 0 Å². The van der Waals surface area contributed by atoms with Crippen molar-refractivity contribution in [2.24, 2.45) is 0 Å². The van der Waals surface area contributed by atoms with E-state index in [4.69, 9.17) is 11.6 Å². The molecule has 0 saturated carbocycles. The van der Waals surface area contributed by atoms with Gasteiger partial charge in [0.05, 0.1) is 6.10 Å². The van der Waals surface area contributed by atoms with E-state index < -0.39 is 6.10 Å². The van der Waals surface area contributed by atoms with E-state index in [2.05, 4.69) is 29.3 Å². The van der Waals surface area contributed by atoms with Gasteiger partial charge in [0.25, 0.3) is 0 Å². The van der Waals surface area contributed by atoms with Crippen molar-refractivity contribution in [3.05, 3.63) is 58.6 Å². The molecule has 0 fully saturated rings. The Hall–Kier alpha value is -1.71. The molecule has 2 rings (SSSR count). The van der Waals surface area contributed by atoms with Gasteiger partial charge in [-0.05, 0) is 30.7 Å². The molecule has 0 bridgehead atoms. The van der Waals surface area contributed by atoms with Gasteiger partial charge in [-0.1, -0.05) is 35.9 Å². The van der Waals surface area contributed by atoms with Gasteiger partial charge >= 0.3 is 0 Å². The number of aliphatic hydroxyl groups is 1. The maximum absolute atomic E-state index is 10.2. The predicted octanol–water partition coefficient (Wildman–Crippen LogP) is 3.86. The number of halogens is 1. The largest absolute Gasteiger partial charge is 0.387 e. The highest BCUT2D eigenvalue weighted by molar-refractivity contribution is 6.31. The summed E-state index contributed by atoms with van der Waals surface area (Å²) in [5, 5.41) is 14.1. The van der Waals surface area contributed by atoms with Crippen LogP contribution in [-0.4, -0.2) is 25.7 Å². The summed E-state index contributed by atoms with van der Waals surface area (Å²) < 4.78 is 0. The van der Waals surface area contributed by atoms with E-state index >= 15 is 0 Å². The lowest BCUT2D eigenvalue weighted by Gasteiger charge is -2.19. The van der Waals surface area contributed by atoms with Gasteiger partial charge in [0, 0.05) is 42.6 Å². The molecule has 2 aromatic carbocycles.